The summed E-state index contributed by atoms with van der Waals surface area (Å²) in [6, 6.07) is 11.8. The van der Waals surface area contributed by atoms with Crippen LogP contribution in [0, 0.1) is 5.82 Å². The SMILES string of the molecule is O=C1CS[C@@H](c2ccccc2Br)N1c1ccc(F)cc1Cl. The summed E-state index contributed by atoms with van der Waals surface area (Å²) in [6.07, 6.45) is 0. The average Bonchev–Trinajstić information content (AvgIpc) is 2.81. The van der Waals surface area contributed by atoms with Crippen LogP contribution in [0.15, 0.2) is 46.9 Å². The van der Waals surface area contributed by atoms with Crippen LogP contribution in [0.25, 0.3) is 0 Å². The van der Waals surface area contributed by atoms with E-state index in [0.717, 1.165) is 10.0 Å². The van der Waals surface area contributed by atoms with Gasteiger partial charge in [-0.25, -0.2) is 4.39 Å². The Morgan fingerprint density at radius 1 is 1.29 bits per heavy atom. The maximum Gasteiger partial charge on any atom is 0.238 e. The van der Waals surface area contributed by atoms with E-state index in [1.165, 1.54) is 23.9 Å². The van der Waals surface area contributed by atoms with Gasteiger partial charge >= 0.3 is 0 Å². The fraction of sp³-hybridized carbons (Fsp3) is 0.133. The number of hydrogen-bond donors (Lipinski definition) is 0. The molecule has 0 aliphatic carbocycles. The molecule has 1 amide bonds. The molecule has 6 heteroatoms. The predicted molar refractivity (Wildman–Crippen MR) is 88.2 cm³/mol. The first-order chi connectivity index (χ1) is 10.1. The average molecular weight is 387 g/mol. The lowest BCUT2D eigenvalue weighted by Gasteiger charge is -2.26. The molecule has 1 heterocycles. The highest BCUT2D eigenvalue weighted by molar-refractivity contribution is 9.10. The number of nitrogens with zero attached hydrogens (tertiary/aromatic N) is 1. The third-order valence-electron chi connectivity index (χ3n) is 3.21. The van der Waals surface area contributed by atoms with Gasteiger partial charge in [-0.2, -0.15) is 0 Å². The van der Waals surface area contributed by atoms with Crippen LogP contribution in [0.3, 0.4) is 0 Å². The molecule has 21 heavy (non-hydrogen) atoms. The molecular weight excluding hydrogens is 377 g/mol. The summed E-state index contributed by atoms with van der Waals surface area (Å²) >= 11 is 11.2. The van der Waals surface area contributed by atoms with Crippen LogP contribution in [0.4, 0.5) is 10.1 Å². The van der Waals surface area contributed by atoms with Crippen LogP contribution < -0.4 is 4.90 Å². The third kappa shape index (κ3) is 2.82. The quantitative estimate of drug-likeness (QED) is 0.722. The number of carbonyl (C=O) groups is 1. The van der Waals surface area contributed by atoms with Crippen molar-refractivity contribution in [2.24, 2.45) is 0 Å². The van der Waals surface area contributed by atoms with Crippen LogP contribution in [-0.2, 0) is 4.79 Å². The molecule has 0 unspecified atom stereocenters. The molecule has 0 saturated carbocycles. The summed E-state index contributed by atoms with van der Waals surface area (Å²) in [6.45, 7) is 0. The number of carbonyl (C=O) groups excluding carboxylic acids is 1. The summed E-state index contributed by atoms with van der Waals surface area (Å²) < 4.78 is 14.1. The maximum absolute atomic E-state index is 13.2. The molecule has 0 bridgehead atoms. The minimum atomic E-state index is -0.416. The van der Waals surface area contributed by atoms with Gasteiger partial charge in [0, 0.05) is 4.47 Å². The molecule has 1 saturated heterocycles. The zero-order valence-electron chi connectivity index (χ0n) is 10.7. The number of amides is 1. The molecule has 3 rings (SSSR count). The highest BCUT2D eigenvalue weighted by Crippen LogP contribution is 2.45. The number of halogens is 3. The van der Waals surface area contributed by atoms with E-state index in [1.54, 1.807) is 11.0 Å². The Balaban J connectivity index is 2.06. The lowest BCUT2D eigenvalue weighted by atomic mass is 10.2. The monoisotopic (exact) mass is 385 g/mol. The number of rotatable bonds is 2. The Hall–Kier alpha value is -1.04. The van der Waals surface area contributed by atoms with Gasteiger partial charge in [-0.1, -0.05) is 45.7 Å². The lowest BCUT2D eigenvalue weighted by molar-refractivity contribution is -0.115. The molecule has 1 aliphatic heterocycles. The van der Waals surface area contributed by atoms with E-state index in [1.807, 2.05) is 24.3 Å². The van der Waals surface area contributed by atoms with Crippen LogP contribution in [0.1, 0.15) is 10.9 Å². The highest BCUT2D eigenvalue weighted by Gasteiger charge is 2.36. The van der Waals surface area contributed by atoms with Gasteiger partial charge in [-0.15, -0.1) is 11.8 Å². The van der Waals surface area contributed by atoms with Crippen molar-refractivity contribution in [1.29, 1.82) is 0 Å². The van der Waals surface area contributed by atoms with Gasteiger partial charge in [0.2, 0.25) is 5.91 Å². The van der Waals surface area contributed by atoms with Gasteiger partial charge in [0.05, 0.1) is 16.5 Å². The van der Waals surface area contributed by atoms with Crippen molar-refractivity contribution in [1.82, 2.24) is 0 Å². The minimum absolute atomic E-state index is 0.0331. The van der Waals surface area contributed by atoms with Crippen molar-refractivity contribution >= 4 is 50.9 Å². The van der Waals surface area contributed by atoms with Crippen molar-refractivity contribution in [3.8, 4) is 0 Å². The zero-order chi connectivity index (χ0) is 15.0. The lowest BCUT2D eigenvalue weighted by Crippen LogP contribution is -2.28. The van der Waals surface area contributed by atoms with E-state index in [2.05, 4.69) is 15.9 Å². The second-order valence-corrected chi connectivity index (χ2v) is 6.87. The number of hydrogen-bond acceptors (Lipinski definition) is 2. The zero-order valence-corrected chi connectivity index (χ0v) is 13.9. The summed E-state index contributed by atoms with van der Waals surface area (Å²) in [5.74, 6) is -0.0746. The molecule has 1 aliphatic rings. The predicted octanol–water partition coefficient (Wildman–Crippen LogP) is 5.02. The molecule has 0 aromatic heterocycles. The second kappa shape index (κ2) is 5.99. The molecule has 1 fully saturated rings. The van der Waals surface area contributed by atoms with Gasteiger partial charge in [-0.3, -0.25) is 9.69 Å². The maximum atomic E-state index is 13.2. The van der Waals surface area contributed by atoms with Crippen LogP contribution in [0.2, 0.25) is 5.02 Å². The summed E-state index contributed by atoms with van der Waals surface area (Å²) in [5, 5.41) is 0.0685. The Morgan fingerprint density at radius 3 is 2.76 bits per heavy atom. The molecule has 2 nitrogen and oxygen atoms in total. The van der Waals surface area contributed by atoms with E-state index in [4.69, 9.17) is 11.6 Å². The molecule has 2 aromatic rings. The number of anilines is 1. The number of benzene rings is 2. The van der Waals surface area contributed by atoms with Crippen molar-refractivity contribution in [2.75, 3.05) is 10.7 Å². The van der Waals surface area contributed by atoms with Crippen LogP contribution >= 0.6 is 39.3 Å². The van der Waals surface area contributed by atoms with E-state index in [-0.39, 0.29) is 16.3 Å². The Bertz CT molecular complexity index is 712. The van der Waals surface area contributed by atoms with Gasteiger partial charge < -0.3 is 0 Å². The normalized spacial score (nSPS) is 18.3. The first-order valence-corrected chi connectivity index (χ1v) is 8.43. The van der Waals surface area contributed by atoms with Crippen molar-refractivity contribution in [2.45, 2.75) is 5.37 Å². The van der Waals surface area contributed by atoms with Gasteiger partial charge in [0.25, 0.3) is 0 Å². The van der Waals surface area contributed by atoms with Crippen LogP contribution in [-0.4, -0.2) is 11.7 Å². The first kappa shape index (κ1) is 14.9. The molecule has 2 aromatic carbocycles. The Labute approximate surface area is 139 Å². The van der Waals surface area contributed by atoms with E-state index in [0.29, 0.717) is 11.4 Å². The second-order valence-electron chi connectivity index (χ2n) is 4.54. The fourth-order valence-corrected chi connectivity index (χ4v) is 4.38. The molecule has 0 N–H and O–H groups in total. The highest BCUT2D eigenvalue weighted by atomic mass is 79.9. The fourth-order valence-electron chi connectivity index (χ4n) is 2.27. The number of thioether (sulfide) groups is 1. The molecule has 0 radical (unpaired) electrons. The summed E-state index contributed by atoms with van der Waals surface area (Å²) in [7, 11) is 0. The molecule has 108 valence electrons. The summed E-state index contributed by atoms with van der Waals surface area (Å²) in [4.78, 5) is 13.9. The minimum Gasteiger partial charge on any atom is -0.294 e. The van der Waals surface area contributed by atoms with E-state index < -0.39 is 5.82 Å². The Morgan fingerprint density at radius 2 is 2.05 bits per heavy atom. The standard InChI is InChI=1S/C15H10BrClFNOS/c16-11-4-2-1-3-10(11)15-19(14(20)8-21-15)13-6-5-9(18)7-12(13)17/h1-7,15H,8H2/t15-/m0/s1. The topological polar surface area (TPSA) is 20.3 Å². The molecule has 0 spiro atoms. The van der Waals surface area contributed by atoms with E-state index in [9.17, 15) is 9.18 Å². The van der Waals surface area contributed by atoms with Gasteiger partial charge in [0.1, 0.15) is 11.2 Å². The molecule has 1 atom stereocenters. The smallest absolute Gasteiger partial charge is 0.238 e. The van der Waals surface area contributed by atoms with Crippen molar-refractivity contribution in [3.63, 3.8) is 0 Å². The largest absolute Gasteiger partial charge is 0.294 e. The van der Waals surface area contributed by atoms with Gasteiger partial charge in [-0.05, 0) is 29.8 Å². The summed E-state index contributed by atoms with van der Waals surface area (Å²) in [5.41, 5.74) is 1.53. The van der Waals surface area contributed by atoms with Gasteiger partial charge in [0.15, 0.2) is 0 Å². The van der Waals surface area contributed by atoms with Crippen LogP contribution in [0.5, 0.6) is 0 Å². The molecular formula is C15H10BrClFNOS. The third-order valence-corrected chi connectivity index (χ3v) is 5.43. The first-order valence-electron chi connectivity index (χ1n) is 6.21. The van der Waals surface area contributed by atoms with E-state index >= 15 is 0 Å². The van der Waals surface area contributed by atoms with Crippen molar-refractivity contribution < 1.29 is 9.18 Å². The van der Waals surface area contributed by atoms with Crippen molar-refractivity contribution in [3.05, 3.63) is 63.3 Å². The Kier molecular flexibility index (Phi) is 4.24.